The number of pyridine rings is 1. The molecule has 0 aliphatic carbocycles. The normalized spacial score (nSPS) is 21.6. The maximum absolute atomic E-state index is 14.2. The third kappa shape index (κ3) is 5.82. The third-order valence-electron chi connectivity index (χ3n) is 8.26. The SMILES string of the molecule is CC1(C)CCN(S(=O)(=O)N2CCc3cc4ccc3C2c2cccc(c2)OCCCNC(=O)c2cncc(c2)O4)CC1. The second-order valence-corrected chi connectivity index (χ2v) is 13.6. The summed E-state index contributed by atoms with van der Waals surface area (Å²) in [6.07, 6.45) is 5.92. The maximum atomic E-state index is 14.2. The molecule has 1 amide bonds. The van der Waals surface area contributed by atoms with Gasteiger partial charge in [-0.1, -0.05) is 32.0 Å². The standard InChI is InChI=1S/C31H36N4O5S/c1-31(2)10-14-34(15-11-31)41(37,38)35-13-9-22-17-26-7-8-28(22)29(35)23-5-3-6-25(18-23)39-16-4-12-33-30(36)24-19-27(40-26)21-32-20-24/h3,5-8,17-21,29H,4,9-16H2,1-2H3,(H,33,36). The van der Waals surface area contributed by atoms with E-state index in [0.29, 0.717) is 68.4 Å². The maximum Gasteiger partial charge on any atom is 0.282 e. The molecular weight excluding hydrogens is 540 g/mol. The smallest absolute Gasteiger partial charge is 0.282 e. The van der Waals surface area contributed by atoms with Crippen molar-refractivity contribution in [1.82, 2.24) is 18.9 Å². The van der Waals surface area contributed by atoms with Gasteiger partial charge in [-0.15, -0.1) is 0 Å². The molecule has 1 fully saturated rings. The first-order valence-corrected chi connectivity index (χ1v) is 15.6. The van der Waals surface area contributed by atoms with E-state index < -0.39 is 16.3 Å². The first kappa shape index (κ1) is 27.7. The Bertz CT molecular complexity index is 1550. The van der Waals surface area contributed by atoms with Crippen LogP contribution in [0, 0.1) is 5.41 Å². The number of hydrogen-bond donors (Lipinski definition) is 1. The van der Waals surface area contributed by atoms with E-state index in [1.165, 1.54) is 6.20 Å². The molecule has 4 aliphatic heterocycles. The highest BCUT2D eigenvalue weighted by Gasteiger charge is 2.42. The number of hydrogen-bond acceptors (Lipinski definition) is 6. The summed E-state index contributed by atoms with van der Waals surface area (Å²) in [7, 11) is -3.72. The lowest BCUT2D eigenvalue weighted by Gasteiger charge is -2.42. The van der Waals surface area contributed by atoms with Crippen molar-refractivity contribution in [3.63, 3.8) is 0 Å². The van der Waals surface area contributed by atoms with E-state index in [1.807, 2.05) is 42.5 Å². The Kier molecular flexibility index (Phi) is 7.48. The topological polar surface area (TPSA) is 101 Å². The number of rotatable bonds is 2. The number of nitrogens with zero attached hydrogens (tertiary/aromatic N) is 3. The molecule has 10 heteroatoms. The zero-order chi connectivity index (χ0) is 28.6. The van der Waals surface area contributed by atoms with Crippen LogP contribution in [0.25, 0.3) is 0 Å². The zero-order valence-corrected chi connectivity index (χ0v) is 24.3. The first-order valence-electron chi connectivity index (χ1n) is 14.2. The average Bonchev–Trinajstić information content (AvgIpc) is 2.96. The van der Waals surface area contributed by atoms with Crippen LogP contribution in [0.2, 0.25) is 0 Å². The van der Waals surface area contributed by atoms with Gasteiger partial charge in [0.25, 0.3) is 16.1 Å². The monoisotopic (exact) mass is 576 g/mol. The van der Waals surface area contributed by atoms with Crippen LogP contribution in [-0.2, 0) is 16.6 Å². The molecular formula is C31H36N4O5S. The van der Waals surface area contributed by atoms with Crippen molar-refractivity contribution in [3.8, 4) is 17.2 Å². The van der Waals surface area contributed by atoms with Gasteiger partial charge in [0, 0.05) is 32.4 Å². The van der Waals surface area contributed by atoms with Crippen LogP contribution in [-0.4, -0.2) is 60.7 Å². The number of carbonyl (C=O) groups is 1. The van der Waals surface area contributed by atoms with Crippen molar-refractivity contribution < 1.29 is 22.7 Å². The Labute approximate surface area is 241 Å². The molecule has 5 heterocycles. The molecule has 7 rings (SSSR count). The Hall–Kier alpha value is -3.47. The van der Waals surface area contributed by atoms with Gasteiger partial charge in [-0.25, -0.2) is 0 Å². The molecule has 1 saturated heterocycles. The molecule has 3 aromatic rings. The summed E-state index contributed by atoms with van der Waals surface area (Å²) in [5, 5.41) is 2.90. The summed E-state index contributed by atoms with van der Waals surface area (Å²) in [6.45, 7) is 6.63. The van der Waals surface area contributed by atoms with Crippen LogP contribution < -0.4 is 14.8 Å². The molecule has 2 aromatic carbocycles. The van der Waals surface area contributed by atoms with Gasteiger partial charge >= 0.3 is 0 Å². The van der Waals surface area contributed by atoms with Gasteiger partial charge in [-0.2, -0.15) is 17.0 Å². The molecule has 1 N–H and O–H groups in total. The zero-order valence-electron chi connectivity index (χ0n) is 23.5. The van der Waals surface area contributed by atoms with Crippen molar-refractivity contribution in [3.05, 3.63) is 83.2 Å². The Morgan fingerprint density at radius 1 is 0.976 bits per heavy atom. The summed E-state index contributed by atoms with van der Waals surface area (Å²) in [5.41, 5.74) is 3.35. The summed E-state index contributed by atoms with van der Waals surface area (Å²) >= 11 is 0. The Balaban J connectivity index is 1.41. The van der Waals surface area contributed by atoms with Crippen LogP contribution in [0.1, 0.15) is 66.2 Å². The fraction of sp³-hybridized carbons (Fsp3) is 0.419. The molecule has 9 nitrogen and oxygen atoms in total. The van der Waals surface area contributed by atoms with E-state index in [0.717, 1.165) is 29.5 Å². The Morgan fingerprint density at radius 3 is 2.63 bits per heavy atom. The molecule has 1 aromatic heterocycles. The number of aromatic nitrogens is 1. The van der Waals surface area contributed by atoms with E-state index in [2.05, 4.69) is 24.1 Å². The van der Waals surface area contributed by atoms with Crippen molar-refractivity contribution in [2.45, 2.75) is 45.6 Å². The number of piperidine rings is 1. The quantitative estimate of drug-likeness (QED) is 0.475. The summed E-state index contributed by atoms with van der Waals surface area (Å²) in [4.78, 5) is 16.8. The molecule has 1 atom stereocenters. The first-order chi connectivity index (χ1) is 19.7. The highest BCUT2D eigenvalue weighted by atomic mass is 32.2. The van der Waals surface area contributed by atoms with Crippen molar-refractivity contribution in [2.75, 3.05) is 32.8 Å². The van der Waals surface area contributed by atoms with Crippen LogP contribution in [0.5, 0.6) is 17.2 Å². The van der Waals surface area contributed by atoms with Crippen LogP contribution >= 0.6 is 0 Å². The summed E-state index contributed by atoms with van der Waals surface area (Å²) in [5.74, 6) is 1.50. The molecule has 216 valence electrons. The molecule has 4 aliphatic rings. The number of fused-ring (bicyclic) bond motifs is 6. The second-order valence-electron chi connectivity index (χ2n) is 11.7. The van der Waals surface area contributed by atoms with Crippen molar-refractivity contribution >= 4 is 16.1 Å². The number of nitrogens with one attached hydrogen (secondary N) is 1. The molecule has 1 unspecified atom stereocenters. The summed E-state index contributed by atoms with van der Waals surface area (Å²) in [6, 6.07) is 14.6. The molecule has 41 heavy (non-hydrogen) atoms. The number of carbonyl (C=O) groups excluding carboxylic acids is 1. The average molecular weight is 577 g/mol. The van der Waals surface area contributed by atoms with Crippen molar-refractivity contribution in [2.24, 2.45) is 5.41 Å². The number of benzene rings is 2. The van der Waals surface area contributed by atoms with E-state index in [1.54, 1.807) is 20.9 Å². The van der Waals surface area contributed by atoms with E-state index in [-0.39, 0.29) is 11.3 Å². The van der Waals surface area contributed by atoms with Gasteiger partial charge in [0.2, 0.25) is 0 Å². The van der Waals surface area contributed by atoms with Gasteiger partial charge in [-0.05, 0) is 78.1 Å². The van der Waals surface area contributed by atoms with Crippen LogP contribution in [0.15, 0.2) is 60.9 Å². The molecule has 0 spiro atoms. The minimum Gasteiger partial charge on any atom is -0.494 e. The molecule has 0 radical (unpaired) electrons. The lowest BCUT2D eigenvalue weighted by molar-refractivity contribution is 0.0950. The largest absolute Gasteiger partial charge is 0.494 e. The number of ether oxygens (including phenoxy) is 2. The van der Waals surface area contributed by atoms with E-state index in [4.69, 9.17) is 9.47 Å². The predicted molar refractivity (Wildman–Crippen MR) is 155 cm³/mol. The molecule has 8 bridgehead atoms. The fourth-order valence-electron chi connectivity index (χ4n) is 5.78. The van der Waals surface area contributed by atoms with Gasteiger partial charge < -0.3 is 14.8 Å². The van der Waals surface area contributed by atoms with Crippen molar-refractivity contribution in [1.29, 1.82) is 0 Å². The van der Waals surface area contributed by atoms with Crippen LogP contribution in [0.4, 0.5) is 0 Å². The van der Waals surface area contributed by atoms with E-state index in [9.17, 15) is 13.2 Å². The highest BCUT2D eigenvalue weighted by molar-refractivity contribution is 7.86. The van der Waals surface area contributed by atoms with Gasteiger partial charge in [-0.3, -0.25) is 9.78 Å². The fourth-order valence-corrected chi connectivity index (χ4v) is 7.55. The lowest BCUT2D eigenvalue weighted by Crippen LogP contribution is -2.51. The van der Waals surface area contributed by atoms with Gasteiger partial charge in [0.05, 0.1) is 24.4 Å². The summed E-state index contributed by atoms with van der Waals surface area (Å²) < 4.78 is 43.8. The van der Waals surface area contributed by atoms with Gasteiger partial charge in [0.1, 0.15) is 17.2 Å². The van der Waals surface area contributed by atoms with Gasteiger partial charge in [0.15, 0.2) is 0 Å². The lowest BCUT2D eigenvalue weighted by atomic mass is 9.83. The third-order valence-corrected chi connectivity index (χ3v) is 10.3. The Morgan fingerprint density at radius 2 is 1.80 bits per heavy atom. The molecule has 0 saturated carbocycles. The highest BCUT2D eigenvalue weighted by Crippen LogP contribution is 2.41. The number of amides is 1. The minimum atomic E-state index is -3.72. The van der Waals surface area contributed by atoms with Crippen LogP contribution in [0.3, 0.4) is 0 Å². The minimum absolute atomic E-state index is 0.139. The second kappa shape index (κ2) is 11.1. The predicted octanol–water partition coefficient (Wildman–Crippen LogP) is 4.70. The van der Waals surface area contributed by atoms with E-state index >= 15 is 0 Å².